The van der Waals surface area contributed by atoms with E-state index in [0.29, 0.717) is 19.0 Å². The summed E-state index contributed by atoms with van der Waals surface area (Å²) >= 11 is 0. The van der Waals surface area contributed by atoms with Crippen molar-refractivity contribution < 1.29 is 9.53 Å². The van der Waals surface area contributed by atoms with Crippen molar-refractivity contribution in [1.29, 1.82) is 0 Å². The van der Waals surface area contributed by atoms with Crippen molar-refractivity contribution in [3.05, 3.63) is 41.7 Å². The van der Waals surface area contributed by atoms with Crippen LogP contribution in [0.1, 0.15) is 36.0 Å². The largest absolute Gasteiger partial charge is 0.371 e. The van der Waals surface area contributed by atoms with Gasteiger partial charge in [0.05, 0.1) is 24.5 Å². The number of nitrogens with one attached hydrogen (secondary N) is 2. The van der Waals surface area contributed by atoms with Gasteiger partial charge in [-0.3, -0.25) is 4.68 Å². The molecule has 0 saturated carbocycles. The molecule has 0 radical (unpaired) electrons. The molecule has 1 saturated heterocycles. The first kappa shape index (κ1) is 16.4. The highest BCUT2D eigenvalue weighted by Crippen LogP contribution is 2.27. The maximum Gasteiger partial charge on any atom is 0.315 e. The highest BCUT2D eigenvalue weighted by atomic mass is 16.5. The van der Waals surface area contributed by atoms with Gasteiger partial charge in [-0.15, -0.1) is 0 Å². The third-order valence-electron chi connectivity index (χ3n) is 3.96. The third-order valence-corrected chi connectivity index (χ3v) is 3.96. The molecule has 2 aromatic rings. The lowest BCUT2D eigenvalue weighted by Gasteiger charge is -2.31. The molecule has 0 bridgehead atoms. The van der Waals surface area contributed by atoms with Gasteiger partial charge in [0.1, 0.15) is 11.9 Å². The number of amides is 2. The van der Waals surface area contributed by atoms with Crippen LogP contribution in [0.15, 0.2) is 24.7 Å². The second-order valence-electron chi connectivity index (χ2n) is 5.91. The minimum atomic E-state index is -0.226. The van der Waals surface area contributed by atoms with Crippen LogP contribution in [0.3, 0.4) is 0 Å². The first-order chi connectivity index (χ1) is 11.6. The van der Waals surface area contributed by atoms with Gasteiger partial charge in [-0.1, -0.05) is 0 Å². The monoisotopic (exact) mass is 330 g/mol. The molecule has 0 aromatic carbocycles. The Kier molecular flexibility index (Phi) is 5.05. The van der Waals surface area contributed by atoms with Gasteiger partial charge in [0.15, 0.2) is 0 Å². The quantitative estimate of drug-likeness (QED) is 0.879. The minimum Gasteiger partial charge on any atom is -0.371 e. The van der Waals surface area contributed by atoms with Gasteiger partial charge >= 0.3 is 6.03 Å². The Bertz CT molecular complexity index is 701. The summed E-state index contributed by atoms with van der Waals surface area (Å²) in [5.41, 5.74) is 1.76. The zero-order chi connectivity index (χ0) is 16.9. The number of nitrogens with zero attached hydrogens (tertiary/aromatic N) is 4. The number of hydrogen-bond acceptors (Lipinski definition) is 5. The van der Waals surface area contributed by atoms with E-state index in [0.717, 1.165) is 24.1 Å². The molecule has 1 aliphatic rings. The number of rotatable bonds is 4. The Hall–Kier alpha value is -2.48. The van der Waals surface area contributed by atoms with Crippen LogP contribution < -0.4 is 10.6 Å². The van der Waals surface area contributed by atoms with E-state index in [1.54, 1.807) is 23.1 Å². The van der Waals surface area contributed by atoms with Crippen LogP contribution in [0, 0.1) is 6.92 Å². The fourth-order valence-electron chi connectivity index (χ4n) is 2.84. The highest BCUT2D eigenvalue weighted by molar-refractivity contribution is 5.74. The molecule has 1 aliphatic heterocycles. The average Bonchev–Trinajstić information content (AvgIpc) is 3.00. The van der Waals surface area contributed by atoms with Crippen LogP contribution >= 0.6 is 0 Å². The van der Waals surface area contributed by atoms with Crippen LogP contribution in [0.5, 0.6) is 0 Å². The molecule has 0 aliphatic carbocycles. The molecule has 24 heavy (non-hydrogen) atoms. The Morgan fingerprint density at radius 1 is 1.50 bits per heavy atom. The molecule has 3 heterocycles. The van der Waals surface area contributed by atoms with E-state index in [4.69, 9.17) is 4.74 Å². The van der Waals surface area contributed by atoms with Crippen LogP contribution in [-0.2, 0) is 18.3 Å². The third kappa shape index (κ3) is 4.08. The number of urea groups is 1. The molecule has 2 N–H and O–H groups in total. The number of carbonyl (C=O) groups is 1. The summed E-state index contributed by atoms with van der Waals surface area (Å²) in [6.45, 7) is 2.88. The smallest absolute Gasteiger partial charge is 0.315 e. The van der Waals surface area contributed by atoms with Crippen molar-refractivity contribution in [2.45, 2.75) is 38.5 Å². The Morgan fingerprint density at radius 3 is 3.12 bits per heavy atom. The summed E-state index contributed by atoms with van der Waals surface area (Å²) in [5, 5.41) is 10.0. The molecule has 1 fully saturated rings. The Morgan fingerprint density at radius 2 is 2.38 bits per heavy atom. The molecule has 2 atom stereocenters. The second-order valence-corrected chi connectivity index (χ2v) is 5.91. The maximum absolute atomic E-state index is 12.2. The van der Waals surface area contributed by atoms with Crippen molar-refractivity contribution in [3.8, 4) is 0 Å². The molecule has 128 valence electrons. The van der Waals surface area contributed by atoms with Gasteiger partial charge in [-0.25, -0.2) is 14.8 Å². The molecule has 2 aromatic heterocycles. The lowest BCUT2D eigenvalue weighted by atomic mass is 9.98. The number of carbonyl (C=O) groups excluding carboxylic acids is 1. The number of aromatic nitrogens is 4. The Labute approximate surface area is 140 Å². The fraction of sp³-hybridized carbons (Fsp3) is 0.500. The zero-order valence-electron chi connectivity index (χ0n) is 13.9. The first-order valence-corrected chi connectivity index (χ1v) is 8.05. The van der Waals surface area contributed by atoms with Crippen LogP contribution in [0.2, 0.25) is 0 Å². The summed E-state index contributed by atoms with van der Waals surface area (Å²) in [6, 6.07) is 1.49. The van der Waals surface area contributed by atoms with E-state index in [2.05, 4.69) is 25.7 Å². The van der Waals surface area contributed by atoms with Crippen LogP contribution in [-0.4, -0.2) is 38.4 Å². The van der Waals surface area contributed by atoms with Gasteiger partial charge in [0, 0.05) is 31.6 Å². The molecule has 2 amide bonds. The molecule has 3 rings (SSSR count). The van der Waals surface area contributed by atoms with E-state index in [1.165, 1.54) is 0 Å². The first-order valence-electron chi connectivity index (χ1n) is 8.05. The second kappa shape index (κ2) is 7.39. The summed E-state index contributed by atoms with van der Waals surface area (Å²) in [4.78, 5) is 20.5. The van der Waals surface area contributed by atoms with E-state index in [-0.39, 0.29) is 18.2 Å². The number of ether oxygens (including phenoxy) is 1. The fourth-order valence-corrected chi connectivity index (χ4v) is 2.84. The predicted octanol–water partition coefficient (Wildman–Crippen LogP) is 1.24. The lowest BCUT2D eigenvalue weighted by Crippen LogP contribution is -2.46. The minimum absolute atomic E-state index is 0.0740. The SMILES string of the molecule is Cc1nccc(CNC(=O)N[C@H]2CCCO[C@@H]2c2cnn(C)c2)n1. The van der Waals surface area contributed by atoms with Crippen LogP contribution in [0.25, 0.3) is 0 Å². The maximum atomic E-state index is 12.2. The lowest BCUT2D eigenvalue weighted by molar-refractivity contribution is -0.00747. The number of hydrogen-bond donors (Lipinski definition) is 2. The summed E-state index contributed by atoms with van der Waals surface area (Å²) in [7, 11) is 1.87. The molecular weight excluding hydrogens is 308 g/mol. The topological polar surface area (TPSA) is 94.0 Å². The molecule has 0 unspecified atom stereocenters. The summed E-state index contributed by atoms with van der Waals surface area (Å²) in [5.74, 6) is 0.687. The van der Waals surface area contributed by atoms with Crippen molar-refractivity contribution in [2.75, 3.05) is 6.61 Å². The van der Waals surface area contributed by atoms with E-state index in [9.17, 15) is 4.79 Å². The molecular formula is C16H22N6O2. The normalized spacial score (nSPS) is 20.6. The van der Waals surface area contributed by atoms with E-state index >= 15 is 0 Å². The van der Waals surface area contributed by atoms with Crippen LogP contribution in [0.4, 0.5) is 4.79 Å². The highest BCUT2D eigenvalue weighted by Gasteiger charge is 2.29. The van der Waals surface area contributed by atoms with E-state index in [1.807, 2.05) is 20.2 Å². The van der Waals surface area contributed by atoms with Gasteiger partial charge in [-0.2, -0.15) is 5.10 Å². The van der Waals surface area contributed by atoms with E-state index < -0.39 is 0 Å². The predicted molar refractivity (Wildman–Crippen MR) is 87.1 cm³/mol. The zero-order valence-corrected chi connectivity index (χ0v) is 13.9. The van der Waals surface area contributed by atoms with Gasteiger partial charge in [0.2, 0.25) is 0 Å². The van der Waals surface area contributed by atoms with Gasteiger partial charge in [-0.05, 0) is 25.8 Å². The number of aryl methyl sites for hydroxylation is 2. The summed E-state index contributed by atoms with van der Waals surface area (Å²) in [6.07, 6.45) is 7.02. The standard InChI is InChI=1S/C16H22N6O2/c1-11-17-6-5-13(20-11)9-18-16(23)21-14-4-3-7-24-15(14)12-8-19-22(2)10-12/h5-6,8,10,14-15H,3-4,7,9H2,1-2H3,(H2,18,21,23)/t14-,15+/m0/s1. The molecule has 8 heteroatoms. The van der Waals surface area contributed by atoms with Crippen molar-refractivity contribution in [3.63, 3.8) is 0 Å². The summed E-state index contributed by atoms with van der Waals surface area (Å²) < 4.78 is 7.59. The van der Waals surface area contributed by atoms with Gasteiger partial charge in [0.25, 0.3) is 0 Å². The molecule has 8 nitrogen and oxygen atoms in total. The average molecular weight is 330 g/mol. The van der Waals surface area contributed by atoms with Crippen molar-refractivity contribution in [2.24, 2.45) is 7.05 Å². The van der Waals surface area contributed by atoms with Crippen molar-refractivity contribution >= 4 is 6.03 Å². The van der Waals surface area contributed by atoms with Gasteiger partial charge < -0.3 is 15.4 Å². The molecule has 0 spiro atoms. The Balaban J connectivity index is 1.57. The van der Waals surface area contributed by atoms with Crippen molar-refractivity contribution in [1.82, 2.24) is 30.4 Å².